The van der Waals surface area contributed by atoms with Gasteiger partial charge < -0.3 is 15.5 Å². The number of primary amides is 1. The Labute approximate surface area is 114 Å². The van der Waals surface area contributed by atoms with Crippen LogP contribution in [0.1, 0.15) is 26.7 Å². The number of nitrogens with one attached hydrogen (secondary N) is 1. The van der Waals surface area contributed by atoms with Crippen molar-refractivity contribution in [1.29, 1.82) is 0 Å². The predicted molar refractivity (Wildman–Crippen MR) is 71.2 cm³/mol. The first-order valence-corrected chi connectivity index (χ1v) is 5.99. The van der Waals surface area contributed by atoms with Gasteiger partial charge in [0, 0.05) is 11.3 Å². The van der Waals surface area contributed by atoms with Crippen molar-refractivity contribution in [3.8, 4) is 0 Å². The summed E-state index contributed by atoms with van der Waals surface area (Å²) in [4.78, 5) is 22.9. The number of carbonyl (C=O) groups excluding carboxylic acids is 2. The summed E-state index contributed by atoms with van der Waals surface area (Å²) in [5.74, 6) is -0.112. The molecule has 0 aliphatic rings. The number of furan rings is 1. The van der Waals surface area contributed by atoms with Crippen LogP contribution >= 0.6 is 11.6 Å². The first-order valence-electron chi connectivity index (χ1n) is 5.46. The van der Waals surface area contributed by atoms with Gasteiger partial charge in [0.25, 0.3) is 5.91 Å². The van der Waals surface area contributed by atoms with Gasteiger partial charge in [-0.15, -0.1) is 11.6 Å². The molecule has 1 aromatic carbocycles. The number of halogens is 1. The fraction of sp³-hybridized carbons (Fsp3) is 0.0769. The van der Waals surface area contributed by atoms with Gasteiger partial charge in [0.05, 0.1) is 5.88 Å². The quantitative estimate of drug-likeness (QED) is 0.842. The molecule has 0 unspecified atom stereocenters. The van der Waals surface area contributed by atoms with Crippen molar-refractivity contribution >= 4 is 29.1 Å². The second kappa shape index (κ2) is 5.58. The summed E-state index contributed by atoms with van der Waals surface area (Å²) < 4.78 is 5.21. The number of rotatable bonds is 4. The molecule has 0 saturated heterocycles. The van der Waals surface area contributed by atoms with E-state index in [2.05, 4.69) is 5.32 Å². The number of nitrogens with two attached hydrogens (primary N) is 1. The molecule has 0 fully saturated rings. The molecule has 0 bridgehead atoms. The maximum absolute atomic E-state index is 11.9. The van der Waals surface area contributed by atoms with Gasteiger partial charge in [0.2, 0.25) is 5.91 Å². The van der Waals surface area contributed by atoms with E-state index >= 15 is 0 Å². The third-order valence-corrected chi connectivity index (χ3v) is 2.69. The summed E-state index contributed by atoms with van der Waals surface area (Å²) >= 11 is 5.58. The molecule has 98 valence electrons. The molecule has 0 aliphatic heterocycles. The van der Waals surface area contributed by atoms with Gasteiger partial charge in [-0.25, -0.2) is 0 Å². The summed E-state index contributed by atoms with van der Waals surface area (Å²) in [6.07, 6.45) is 0. The topological polar surface area (TPSA) is 85.3 Å². The van der Waals surface area contributed by atoms with Crippen molar-refractivity contribution in [1.82, 2.24) is 0 Å². The molecular formula is C13H11ClN2O3. The van der Waals surface area contributed by atoms with Crippen molar-refractivity contribution < 1.29 is 14.0 Å². The van der Waals surface area contributed by atoms with Crippen LogP contribution in [0.2, 0.25) is 0 Å². The lowest BCUT2D eigenvalue weighted by Crippen LogP contribution is -2.14. The van der Waals surface area contributed by atoms with Crippen LogP contribution in [-0.2, 0) is 5.88 Å². The van der Waals surface area contributed by atoms with Crippen LogP contribution in [0.3, 0.4) is 0 Å². The average Bonchev–Trinajstić information content (AvgIpc) is 2.88. The van der Waals surface area contributed by atoms with Gasteiger partial charge in [-0.3, -0.25) is 9.59 Å². The Hall–Kier alpha value is -2.27. The van der Waals surface area contributed by atoms with Gasteiger partial charge in [-0.05, 0) is 30.3 Å². The standard InChI is InChI=1S/C13H11ClN2O3/c14-7-10-4-5-11(19-10)13(18)16-9-3-1-2-8(6-9)12(15)17/h1-6H,7H2,(H2,15,17)(H,16,18). The van der Waals surface area contributed by atoms with Gasteiger partial charge in [0.1, 0.15) is 5.76 Å². The molecule has 3 N–H and O–H groups in total. The molecule has 0 saturated carbocycles. The van der Waals surface area contributed by atoms with Gasteiger partial charge >= 0.3 is 0 Å². The first-order chi connectivity index (χ1) is 9.10. The molecule has 0 spiro atoms. The lowest BCUT2D eigenvalue weighted by atomic mass is 10.2. The van der Waals surface area contributed by atoms with E-state index in [-0.39, 0.29) is 11.6 Å². The van der Waals surface area contributed by atoms with Crippen molar-refractivity contribution in [3.05, 3.63) is 53.5 Å². The molecule has 2 amide bonds. The minimum absolute atomic E-state index is 0.153. The zero-order valence-electron chi connectivity index (χ0n) is 9.85. The van der Waals surface area contributed by atoms with Crippen LogP contribution in [0.15, 0.2) is 40.8 Å². The molecule has 0 aliphatic carbocycles. The van der Waals surface area contributed by atoms with E-state index < -0.39 is 11.8 Å². The molecule has 1 heterocycles. The van der Waals surface area contributed by atoms with E-state index in [0.717, 1.165) is 0 Å². The van der Waals surface area contributed by atoms with Crippen molar-refractivity contribution in [2.45, 2.75) is 5.88 Å². The fourth-order valence-electron chi connectivity index (χ4n) is 1.51. The van der Waals surface area contributed by atoms with Crippen molar-refractivity contribution in [2.75, 3.05) is 5.32 Å². The van der Waals surface area contributed by atoms with Gasteiger partial charge in [0.15, 0.2) is 5.76 Å². The van der Waals surface area contributed by atoms with Crippen LogP contribution < -0.4 is 11.1 Å². The Morgan fingerprint density at radius 2 is 2.05 bits per heavy atom. The Bertz CT molecular complexity index is 622. The summed E-state index contributed by atoms with van der Waals surface area (Å²) in [7, 11) is 0. The number of amides is 2. The highest BCUT2D eigenvalue weighted by atomic mass is 35.5. The highest BCUT2D eigenvalue weighted by Crippen LogP contribution is 2.14. The first kappa shape index (κ1) is 13.2. The third kappa shape index (κ3) is 3.14. The van der Waals surface area contributed by atoms with E-state index in [1.807, 2.05) is 0 Å². The highest BCUT2D eigenvalue weighted by Gasteiger charge is 2.11. The van der Waals surface area contributed by atoms with E-state index in [0.29, 0.717) is 17.0 Å². The average molecular weight is 279 g/mol. The van der Waals surface area contributed by atoms with Crippen LogP contribution in [0.5, 0.6) is 0 Å². The second-order valence-corrected chi connectivity index (χ2v) is 4.07. The largest absolute Gasteiger partial charge is 0.455 e. The lowest BCUT2D eigenvalue weighted by Gasteiger charge is -2.04. The molecule has 2 rings (SSSR count). The van der Waals surface area contributed by atoms with Crippen molar-refractivity contribution in [3.63, 3.8) is 0 Å². The SMILES string of the molecule is NC(=O)c1cccc(NC(=O)c2ccc(CCl)o2)c1. The summed E-state index contributed by atoms with van der Waals surface area (Å²) in [6, 6.07) is 9.49. The van der Waals surface area contributed by atoms with E-state index in [4.69, 9.17) is 21.8 Å². The number of benzene rings is 1. The second-order valence-electron chi connectivity index (χ2n) is 3.80. The minimum atomic E-state index is -0.557. The molecule has 1 aromatic heterocycles. The number of hydrogen-bond donors (Lipinski definition) is 2. The van der Waals surface area contributed by atoms with Crippen LogP contribution in [0.25, 0.3) is 0 Å². The number of anilines is 1. The molecule has 2 aromatic rings. The predicted octanol–water partition coefficient (Wildman–Crippen LogP) is 2.37. The Balaban J connectivity index is 2.14. The highest BCUT2D eigenvalue weighted by molar-refractivity contribution is 6.16. The van der Waals surface area contributed by atoms with E-state index in [9.17, 15) is 9.59 Å². The Morgan fingerprint density at radius 1 is 1.26 bits per heavy atom. The molecule has 19 heavy (non-hydrogen) atoms. The normalized spacial score (nSPS) is 10.2. The molecule has 0 radical (unpaired) electrons. The molecular weight excluding hydrogens is 268 g/mol. The van der Waals surface area contributed by atoms with Crippen LogP contribution in [-0.4, -0.2) is 11.8 Å². The summed E-state index contributed by atoms with van der Waals surface area (Å²) in [6.45, 7) is 0. The van der Waals surface area contributed by atoms with Crippen LogP contribution in [0, 0.1) is 0 Å². The van der Waals surface area contributed by atoms with E-state index in [1.165, 1.54) is 12.1 Å². The fourth-order valence-corrected chi connectivity index (χ4v) is 1.66. The minimum Gasteiger partial charge on any atom is -0.455 e. The smallest absolute Gasteiger partial charge is 0.291 e. The monoisotopic (exact) mass is 278 g/mol. The number of hydrogen-bond acceptors (Lipinski definition) is 3. The number of alkyl halides is 1. The lowest BCUT2D eigenvalue weighted by molar-refractivity contribution is 0.0987. The maximum Gasteiger partial charge on any atom is 0.291 e. The molecule has 0 atom stereocenters. The van der Waals surface area contributed by atoms with Crippen molar-refractivity contribution in [2.24, 2.45) is 5.73 Å². The Morgan fingerprint density at radius 3 is 2.68 bits per heavy atom. The molecule has 5 nitrogen and oxygen atoms in total. The summed E-state index contributed by atoms with van der Waals surface area (Å²) in [5, 5.41) is 2.61. The zero-order chi connectivity index (χ0) is 13.8. The van der Waals surface area contributed by atoms with Gasteiger partial charge in [-0.1, -0.05) is 6.07 Å². The maximum atomic E-state index is 11.9. The van der Waals surface area contributed by atoms with Crippen LogP contribution in [0.4, 0.5) is 5.69 Å². The van der Waals surface area contributed by atoms with E-state index in [1.54, 1.807) is 24.3 Å². The number of carbonyl (C=O) groups is 2. The molecule has 6 heteroatoms. The summed E-state index contributed by atoms with van der Waals surface area (Å²) in [5.41, 5.74) is 5.94. The zero-order valence-corrected chi connectivity index (χ0v) is 10.6. The third-order valence-electron chi connectivity index (χ3n) is 2.42. The van der Waals surface area contributed by atoms with Gasteiger partial charge in [-0.2, -0.15) is 0 Å². The Kier molecular flexibility index (Phi) is 3.87.